The first-order valence-corrected chi connectivity index (χ1v) is 6.20. The molecule has 0 aliphatic rings. The molecule has 0 unspecified atom stereocenters. The second-order valence-corrected chi connectivity index (χ2v) is 3.99. The van der Waals surface area contributed by atoms with Crippen molar-refractivity contribution in [3.8, 4) is 0 Å². The Kier molecular flexibility index (Phi) is 5.30. The fourth-order valence-corrected chi connectivity index (χ4v) is 1.55. The van der Waals surface area contributed by atoms with Crippen molar-refractivity contribution in [3.05, 3.63) is 23.0 Å². The molecule has 76 valence electrons. The molecule has 0 atom stereocenters. The lowest BCUT2D eigenvalue weighted by Gasteiger charge is -1.98. The first-order valence-electron chi connectivity index (χ1n) is 4.07. The van der Waals surface area contributed by atoms with Crippen LogP contribution in [-0.2, 0) is 0 Å². The molecule has 0 bridgehead atoms. The van der Waals surface area contributed by atoms with Gasteiger partial charge in [0, 0.05) is 17.6 Å². The molecule has 0 fully saturated rings. The molecule has 0 saturated carbocycles. The molecule has 1 aromatic rings. The number of alkyl halides is 1. The van der Waals surface area contributed by atoms with E-state index in [9.17, 15) is 0 Å². The molecular weight excluding hydrogens is 239 g/mol. The summed E-state index contributed by atoms with van der Waals surface area (Å²) in [5.74, 6) is 0.609. The molecular formula is C9H10Cl2N2S. The van der Waals surface area contributed by atoms with E-state index in [1.165, 1.54) is 11.8 Å². The van der Waals surface area contributed by atoms with Gasteiger partial charge in [0.1, 0.15) is 5.15 Å². The minimum atomic E-state index is 0.482. The molecule has 2 nitrogen and oxygen atoms in total. The minimum Gasteiger partial charge on any atom is -0.230 e. The van der Waals surface area contributed by atoms with Crippen molar-refractivity contribution >= 4 is 41.0 Å². The number of hydrogen-bond donors (Lipinski definition) is 0. The first-order chi connectivity index (χ1) is 6.77. The highest BCUT2D eigenvalue weighted by Crippen LogP contribution is 2.17. The number of nitrogens with zero attached hydrogens (tertiary/aromatic N) is 2. The standard InChI is InChI=1S/C9H10Cl2N2S/c1-14-9-12-6-7(8(11)13-9)4-2-3-5-10/h2,4,6H,3,5H2,1H3. The van der Waals surface area contributed by atoms with E-state index in [2.05, 4.69) is 9.97 Å². The summed E-state index contributed by atoms with van der Waals surface area (Å²) in [7, 11) is 0. The number of hydrogen-bond acceptors (Lipinski definition) is 3. The zero-order chi connectivity index (χ0) is 10.4. The van der Waals surface area contributed by atoms with Gasteiger partial charge >= 0.3 is 0 Å². The zero-order valence-corrected chi connectivity index (χ0v) is 10.0. The summed E-state index contributed by atoms with van der Waals surface area (Å²) < 4.78 is 0. The lowest BCUT2D eigenvalue weighted by atomic mass is 10.3. The van der Waals surface area contributed by atoms with Crippen LogP contribution in [0.1, 0.15) is 12.0 Å². The predicted octanol–water partition coefficient (Wildman–Crippen LogP) is 3.49. The summed E-state index contributed by atoms with van der Waals surface area (Å²) in [5, 5.41) is 1.17. The van der Waals surface area contributed by atoms with E-state index in [0.29, 0.717) is 16.2 Å². The Bertz CT molecular complexity index is 329. The monoisotopic (exact) mass is 248 g/mol. The molecule has 5 heteroatoms. The molecule has 0 N–H and O–H groups in total. The number of aromatic nitrogens is 2. The second kappa shape index (κ2) is 6.27. The lowest BCUT2D eigenvalue weighted by Crippen LogP contribution is -1.88. The molecule has 1 heterocycles. The maximum atomic E-state index is 5.94. The number of allylic oxidation sites excluding steroid dienone is 1. The largest absolute Gasteiger partial charge is 0.230 e. The third-order valence-electron chi connectivity index (χ3n) is 1.50. The van der Waals surface area contributed by atoms with Crippen LogP contribution in [0.4, 0.5) is 0 Å². The quantitative estimate of drug-likeness (QED) is 0.353. The number of halogens is 2. The maximum absolute atomic E-state index is 5.94. The van der Waals surface area contributed by atoms with Gasteiger partial charge in [-0.15, -0.1) is 11.6 Å². The van der Waals surface area contributed by atoms with Crippen molar-refractivity contribution in [2.45, 2.75) is 11.6 Å². The Balaban J connectivity index is 2.78. The summed E-state index contributed by atoms with van der Waals surface area (Å²) in [6, 6.07) is 0. The van der Waals surface area contributed by atoms with E-state index < -0.39 is 0 Å². The zero-order valence-electron chi connectivity index (χ0n) is 7.70. The minimum absolute atomic E-state index is 0.482. The normalized spacial score (nSPS) is 11.1. The van der Waals surface area contributed by atoms with Gasteiger partial charge in [-0.2, -0.15) is 0 Å². The van der Waals surface area contributed by atoms with Crippen LogP contribution in [-0.4, -0.2) is 22.1 Å². The highest BCUT2D eigenvalue weighted by molar-refractivity contribution is 7.98. The van der Waals surface area contributed by atoms with Gasteiger partial charge in [-0.25, -0.2) is 9.97 Å². The molecule has 14 heavy (non-hydrogen) atoms. The van der Waals surface area contributed by atoms with Crippen molar-refractivity contribution in [3.63, 3.8) is 0 Å². The Hall–Kier alpha value is -0.250. The van der Waals surface area contributed by atoms with Crippen LogP contribution < -0.4 is 0 Å². The third kappa shape index (κ3) is 3.48. The van der Waals surface area contributed by atoms with E-state index >= 15 is 0 Å². The molecule has 0 radical (unpaired) electrons. The van der Waals surface area contributed by atoms with Crippen LogP contribution in [0.5, 0.6) is 0 Å². The Morgan fingerprint density at radius 3 is 2.93 bits per heavy atom. The lowest BCUT2D eigenvalue weighted by molar-refractivity contribution is 0.966. The van der Waals surface area contributed by atoms with E-state index in [0.717, 1.165) is 12.0 Å². The van der Waals surface area contributed by atoms with Gasteiger partial charge in [0.15, 0.2) is 5.16 Å². The van der Waals surface area contributed by atoms with Crippen molar-refractivity contribution in [1.82, 2.24) is 9.97 Å². The predicted molar refractivity (Wildman–Crippen MR) is 63.2 cm³/mol. The highest BCUT2D eigenvalue weighted by Gasteiger charge is 2.00. The van der Waals surface area contributed by atoms with Crippen molar-refractivity contribution < 1.29 is 0 Å². The fraction of sp³-hybridized carbons (Fsp3) is 0.333. The second-order valence-electron chi connectivity index (χ2n) is 2.48. The molecule has 0 spiro atoms. The first kappa shape index (κ1) is 11.8. The van der Waals surface area contributed by atoms with Crippen LogP contribution in [0, 0.1) is 0 Å². The van der Waals surface area contributed by atoms with Gasteiger partial charge in [-0.3, -0.25) is 0 Å². The Morgan fingerprint density at radius 1 is 1.57 bits per heavy atom. The molecule has 0 amide bonds. The van der Waals surface area contributed by atoms with Crippen LogP contribution >= 0.6 is 35.0 Å². The van der Waals surface area contributed by atoms with Gasteiger partial charge in [0.05, 0.1) is 0 Å². The van der Waals surface area contributed by atoms with Crippen LogP contribution in [0.25, 0.3) is 6.08 Å². The van der Waals surface area contributed by atoms with Crippen molar-refractivity contribution in [1.29, 1.82) is 0 Å². The van der Waals surface area contributed by atoms with Gasteiger partial charge in [-0.1, -0.05) is 35.5 Å². The molecule has 0 aliphatic carbocycles. The van der Waals surface area contributed by atoms with Gasteiger partial charge in [-0.05, 0) is 12.7 Å². The van der Waals surface area contributed by atoms with Gasteiger partial charge in [0.25, 0.3) is 0 Å². The van der Waals surface area contributed by atoms with Gasteiger partial charge in [0.2, 0.25) is 0 Å². The summed E-state index contributed by atoms with van der Waals surface area (Å²) in [6.45, 7) is 0. The molecule has 1 rings (SSSR count). The van der Waals surface area contributed by atoms with Crippen LogP contribution in [0.3, 0.4) is 0 Å². The average Bonchev–Trinajstić information content (AvgIpc) is 2.20. The smallest absolute Gasteiger partial charge is 0.188 e. The van der Waals surface area contributed by atoms with Gasteiger partial charge < -0.3 is 0 Å². The van der Waals surface area contributed by atoms with Crippen LogP contribution in [0.15, 0.2) is 17.4 Å². The fourth-order valence-electron chi connectivity index (χ4n) is 0.839. The number of thioether (sulfide) groups is 1. The summed E-state index contributed by atoms with van der Waals surface area (Å²) in [5.41, 5.74) is 0.828. The molecule has 0 aliphatic heterocycles. The SMILES string of the molecule is CSc1ncc(C=CCCCl)c(Cl)n1. The molecule has 1 aromatic heterocycles. The molecule has 0 aromatic carbocycles. The summed E-state index contributed by atoms with van der Waals surface area (Å²) >= 11 is 12.9. The van der Waals surface area contributed by atoms with E-state index in [1.807, 2.05) is 18.4 Å². The Labute approximate surface area is 97.7 Å². The van der Waals surface area contributed by atoms with E-state index in [4.69, 9.17) is 23.2 Å². The van der Waals surface area contributed by atoms with E-state index in [1.54, 1.807) is 6.20 Å². The third-order valence-corrected chi connectivity index (χ3v) is 2.58. The van der Waals surface area contributed by atoms with Crippen molar-refractivity contribution in [2.24, 2.45) is 0 Å². The summed E-state index contributed by atoms with van der Waals surface area (Å²) in [6.07, 6.45) is 8.29. The van der Waals surface area contributed by atoms with Crippen molar-refractivity contribution in [2.75, 3.05) is 12.1 Å². The average molecular weight is 249 g/mol. The highest BCUT2D eigenvalue weighted by atomic mass is 35.5. The number of rotatable bonds is 4. The summed E-state index contributed by atoms with van der Waals surface area (Å²) in [4.78, 5) is 8.22. The van der Waals surface area contributed by atoms with Crippen LogP contribution in [0.2, 0.25) is 5.15 Å². The topological polar surface area (TPSA) is 25.8 Å². The molecule has 0 saturated heterocycles. The van der Waals surface area contributed by atoms with E-state index in [-0.39, 0.29) is 0 Å². The Morgan fingerprint density at radius 2 is 2.36 bits per heavy atom. The maximum Gasteiger partial charge on any atom is 0.188 e.